The van der Waals surface area contributed by atoms with E-state index in [4.69, 9.17) is 9.72 Å². The molecule has 6 rings (SSSR count). The van der Waals surface area contributed by atoms with E-state index in [1.807, 2.05) is 12.1 Å². The Hall–Kier alpha value is -4.51. The van der Waals surface area contributed by atoms with Crippen LogP contribution >= 0.6 is 0 Å². The lowest BCUT2D eigenvalue weighted by Gasteiger charge is -2.33. The summed E-state index contributed by atoms with van der Waals surface area (Å²) >= 11 is 0. The molecule has 0 aliphatic carbocycles. The highest BCUT2D eigenvalue weighted by Crippen LogP contribution is 2.40. The molecule has 7 nitrogen and oxygen atoms in total. The number of aromatic amines is 1. The number of carbonyl (C=O) groups excluding carboxylic acids is 1. The number of alkyl halides is 3. The topological polar surface area (TPSA) is 74.4 Å². The Bertz CT molecular complexity index is 1730. The number of benzene rings is 2. The molecule has 0 radical (unpaired) electrons. The fraction of sp³-hybridized carbons (Fsp3) is 0.361. The predicted molar refractivity (Wildman–Crippen MR) is 174 cm³/mol. The van der Waals surface area contributed by atoms with Crippen molar-refractivity contribution >= 4 is 33.8 Å². The molecule has 11 heteroatoms. The maximum absolute atomic E-state index is 14.5. The Balaban J connectivity index is 1.24. The second-order valence-corrected chi connectivity index (χ2v) is 12.1. The van der Waals surface area contributed by atoms with Gasteiger partial charge in [0.15, 0.2) is 0 Å². The smallest absolute Gasteiger partial charge is 0.378 e. The molecular formula is C36H37F4N5O2. The fourth-order valence-corrected chi connectivity index (χ4v) is 6.46. The Morgan fingerprint density at radius 2 is 1.79 bits per heavy atom. The Morgan fingerprint density at radius 1 is 1.00 bits per heavy atom. The first-order chi connectivity index (χ1) is 22.7. The zero-order chi connectivity index (χ0) is 32.8. The number of nitrogens with one attached hydrogen (secondary N) is 1. The summed E-state index contributed by atoms with van der Waals surface area (Å²) in [7, 11) is 0. The summed E-state index contributed by atoms with van der Waals surface area (Å²) in [5, 5.41) is 6.44. The van der Waals surface area contributed by atoms with Gasteiger partial charge in [-0.2, -0.15) is 22.7 Å². The minimum absolute atomic E-state index is 0.0248. The average Bonchev–Trinajstić information content (AvgIpc) is 3.46. The monoisotopic (exact) mass is 647 g/mol. The minimum atomic E-state index is -4.48. The van der Waals surface area contributed by atoms with Crippen molar-refractivity contribution in [3.05, 3.63) is 102 Å². The Kier molecular flexibility index (Phi) is 10.0. The van der Waals surface area contributed by atoms with E-state index in [0.29, 0.717) is 60.0 Å². The lowest BCUT2D eigenvalue weighted by atomic mass is 9.88. The van der Waals surface area contributed by atoms with Gasteiger partial charge in [0.2, 0.25) is 11.9 Å². The first-order valence-electron chi connectivity index (χ1n) is 16.0. The molecule has 246 valence electrons. The lowest BCUT2D eigenvalue weighted by molar-refractivity contribution is -0.130. The number of hydrogen-bond acceptors (Lipinski definition) is 5. The molecule has 0 bridgehead atoms. The molecule has 2 fully saturated rings. The van der Waals surface area contributed by atoms with Gasteiger partial charge < -0.3 is 14.5 Å². The van der Waals surface area contributed by atoms with Crippen LogP contribution in [0.1, 0.15) is 48.8 Å². The number of pyridine rings is 1. The minimum Gasteiger partial charge on any atom is -0.378 e. The van der Waals surface area contributed by atoms with Gasteiger partial charge in [-0.3, -0.25) is 9.89 Å². The molecule has 2 saturated heterocycles. The second-order valence-electron chi connectivity index (χ2n) is 12.1. The van der Waals surface area contributed by atoms with E-state index in [0.717, 1.165) is 44.6 Å². The van der Waals surface area contributed by atoms with Crippen molar-refractivity contribution in [1.29, 1.82) is 0 Å². The highest BCUT2D eigenvalue weighted by atomic mass is 19.4. The molecule has 2 aromatic heterocycles. The third kappa shape index (κ3) is 8.08. The number of nitrogens with zero attached hydrogens (tertiary/aromatic N) is 4. The van der Waals surface area contributed by atoms with Crippen LogP contribution in [0.4, 0.5) is 23.4 Å². The molecule has 2 aromatic carbocycles. The molecular weight excluding hydrogens is 610 g/mol. The number of carbonyl (C=O) groups is 1. The van der Waals surface area contributed by atoms with Crippen LogP contribution in [-0.2, 0) is 9.53 Å². The van der Waals surface area contributed by atoms with Crippen molar-refractivity contribution in [2.75, 3.05) is 44.3 Å². The van der Waals surface area contributed by atoms with Gasteiger partial charge in [-0.25, -0.2) is 4.98 Å². The van der Waals surface area contributed by atoms with Crippen molar-refractivity contribution in [2.24, 2.45) is 5.92 Å². The zero-order valence-corrected chi connectivity index (χ0v) is 26.0. The third-order valence-electron chi connectivity index (χ3n) is 8.80. The number of halogens is 4. The maximum Gasteiger partial charge on any atom is 0.393 e. The van der Waals surface area contributed by atoms with Crippen LogP contribution in [0.3, 0.4) is 0 Å². The number of aromatic nitrogens is 3. The van der Waals surface area contributed by atoms with Crippen LogP contribution in [0.15, 0.2) is 79.0 Å². The van der Waals surface area contributed by atoms with Crippen molar-refractivity contribution in [1.82, 2.24) is 20.1 Å². The first-order valence-corrected chi connectivity index (χ1v) is 16.0. The van der Waals surface area contributed by atoms with Crippen molar-refractivity contribution in [3.8, 4) is 0 Å². The Morgan fingerprint density at radius 3 is 2.53 bits per heavy atom. The SMILES string of the molecule is O=C(/C=C/CC[C@H]1CCCN(c2ccc(/C(=C(/CC(F)(F)F)c3ccccc3)c3ccc4n[nH]c(F)c4c3)cn2)C1)N1CCOCC1. The number of H-pyrrole nitrogens is 1. The van der Waals surface area contributed by atoms with Crippen LogP contribution in [0.25, 0.3) is 22.0 Å². The first kappa shape index (κ1) is 32.4. The summed E-state index contributed by atoms with van der Waals surface area (Å²) in [4.78, 5) is 21.1. The van der Waals surface area contributed by atoms with Gasteiger partial charge in [0.1, 0.15) is 5.82 Å². The normalized spacial score (nSPS) is 18.2. The third-order valence-corrected chi connectivity index (χ3v) is 8.80. The lowest BCUT2D eigenvalue weighted by Crippen LogP contribution is -2.39. The fourth-order valence-electron chi connectivity index (χ4n) is 6.46. The number of amides is 1. The van der Waals surface area contributed by atoms with Crippen molar-refractivity contribution in [2.45, 2.75) is 38.3 Å². The van der Waals surface area contributed by atoms with Gasteiger partial charge >= 0.3 is 6.18 Å². The number of allylic oxidation sites excluding steroid dienone is 2. The van der Waals surface area contributed by atoms with Gasteiger partial charge in [-0.05, 0) is 84.2 Å². The van der Waals surface area contributed by atoms with E-state index >= 15 is 0 Å². The molecule has 0 saturated carbocycles. The maximum atomic E-state index is 14.5. The molecule has 4 aromatic rings. The summed E-state index contributed by atoms with van der Waals surface area (Å²) in [5.74, 6) is 0.559. The number of anilines is 1. The largest absolute Gasteiger partial charge is 0.393 e. The molecule has 1 atom stereocenters. The van der Waals surface area contributed by atoms with Crippen molar-refractivity contribution < 1.29 is 27.1 Å². The molecule has 0 unspecified atom stereocenters. The standard InChI is InChI=1S/C36H37F4N5O2/c37-35-29-21-27(12-14-31(29)42-43-35)34(30(22-36(38,39)40)26-9-2-1-3-10-26)28-13-15-32(41-23-28)45-16-6-8-25(24-45)7-4-5-11-33(46)44-17-19-47-20-18-44/h1-3,5,9-15,21,23,25H,4,6-8,16-20,22,24H2,(H,42,43)/b11-5+,34-30-/t25-/m0/s1. The molecule has 4 heterocycles. The molecule has 1 amide bonds. The van der Waals surface area contributed by atoms with Gasteiger partial charge in [-0.1, -0.05) is 42.5 Å². The highest BCUT2D eigenvalue weighted by molar-refractivity contribution is 6.00. The quantitative estimate of drug-likeness (QED) is 0.116. The van der Waals surface area contributed by atoms with Crippen molar-refractivity contribution in [3.63, 3.8) is 0 Å². The van der Waals surface area contributed by atoms with E-state index in [1.54, 1.807) is 65.7 Å². The summed E-state index contributed by atoms with van der Waals surface area (Å²) in [6.45, 7) is 4.03. The number of ether oxygens (including phenoxy) is 1. The number of morpholine rings is 1. The highest BCUT2D eigenvalue weighted by Gasteiger charge is 2.32. The van der Waals surface area contributed by atoms with E-state index in [1.165, 1.54) is 6.07 Å². The van der Waals surface area contributed by atoms with E-state index < -0.39 is 18.5 Å². The number of piperidine rings is 1. The molecule has 2 aliphatic heterocycles. The van der Waals surface area contributed by atoms with Crippen LogP contribution < -0.4 is 4.90 Å². The molecule has 1 N–H and O–H groups in total. The number of hydrogen-bond donors (Lipinski definition) is 1. The van der Waals surface area contributed by atoms with E-state index in [-0.39, 0.29) is 16.9 Å². The van der Waals surface area contributed by atoms with Crippen LogP contribution in [0, 0.1) is 11.9 Å². The summed E-state index contributed by atoms with van der Waals surface area (Å²) in [6, 6.07) is 16.9. The predicted octanol–water partition coefficient (Wildman–Crippen LogP) is 7.42. The van der Waals surface area contributed by atoms with Crippen LogP contribution in [0.2, 0.25) is 0 Å². The molecule has 47 heavy (non-hydrogen) atoms. The van der Waals surface area contributed by atoms with Crippen LogP contribution in [-0.4, -0.2) is 71.6 Å². The summed E-state index contributed by atoms with van der Waals surface area (Å²) < 4.78 is 62.1. The van der Waals surface area contributed by atoms with Gasteiger partial charge in [0, 0.05) is 37.9 Å². The van der Waals surface area contributed by atoms with E-state index in [9.17, 15) is 22.4 Å². The van der Waals surface area contributed by atoms with E-state index in [2.05, 4.69) is 15.1 Å². The average molecular weight is 648 g/mol. The molecule has 2 aliphatic rings. The van der Waals surface area contributed by atoms with Crippen LogP contribution in [0.5, 0.6) is 0 Å². The summed E-state index contributed by atoms with van der Waals surface area (Å²) in [5.41, 5.74) is 2.17. The van der Waals surface area contributed by atoms with Gasteiger partial charge in [-0.15, -0.1) is 0 Å². The number of fused-ring (bicyclic) bond motifs is 1. The second kappa shape index (κ2) is 14.5. The van der Waals surface area contributed by atoms with Gasteiger partial charge in [0.05, 0.1) is 30.5 Å². The van der Waals surface area contributed by atoms with Gasteiger partial charge in [0.25, 0.3) is 0 Å². The zero-order valence-electron chi connectivity index (χ0n) is 26.0. The Labute approximate surface area is 270 Å². The molecule has 0 spiro atoms. The summed E-state index contributed by atoms with van der Waals surface area (Å²) in [6.07, 6.45) is 3.41. The number of rotatable bonds is 9.